The highest BCUT2D eigenvalue weighted by Crippen LogP contribution is 2.23. The average molecular weight is 229 g/mol. The Morgan fingerprint density at radius 2 is 2.00 bits per heavy atom. The SMILES string of the molecule is CCCC(C(=O)O)N1CCC(C(C)O)CC1. The van der Waals surface area contributed by atoms with Crippen LogP contribution in [0.3, 0.4) is 0 Å². The molecule has 4 nitrogen and oxygen atoms in total. The number of carboxylic acids is 1. The number of aliphatic hydroxyl groups is 1. The lowest BCUT2D eigenvalue weighted by Gasteiger charge is -2.36. The molecule has 0 aliphatic carbocycles. The van der Waals surface area contributed by atoms with E-state index in [1.807, 2.05) is 18.7 Å². The van der Waals surface area contributed by atoms with Gasteiger partial charge >= 0.3 is 5.97 Å². The van der Waals surface area contributed by atoms with Gasteiger partial charge in [-0.25, -0.2) is 0 Å². The van der Waals surface area contributed by atoms with Gasteiger partial charge in [0, 0.05) is 0 Å². The fourth-order valence-corrected chi connectivity index (χ4v) is 2.45. The Morgan fingerprint density at radius 3 is 2.38 bits per heavy atom. The van der Waals surface area contributed by atoms with Gasteiger partial charge in [0.1, 0.15) is 6.04 Å². The predicted molar refractivity (Wildman–Crippen MR) is 62.3 cm³/mol. The van der Waals surface area contributed by atoms with Crippen molar-refractivity contribution in [1.29, 1.82) is 0 Å². The predicted octanol–water partition coefficient (Wildman–Crippen LogP) is 1.33. The summed E-state index contributed by atoms with van der Waals surface area (Å²) in [6, 6.07) is -0.333. The summed E-state index contributed by atoms with van der Waals surface area (Å²) in [7, 11) is 0. The van der Waals surface area contributed by atoms with Crippen molar-refractivity contribution < 1.29 is 15.0 Å². The number of rotatable bonds is 5. The van der Waals surface area contributed by atoms with Crippen LogP contribution in [0.2, 0.25) is 0 Å². The van der Waals surface area contributed by atoms with E-state index < -0.39 is 5.97 Å². The lowest BCUT2D eigenvalue weighted by molar-refractivity contribution is -0.144. The fourth-order valence-electron chi connectivity index (χ4n) is 2.45. The molecule has 0 bridgehead atoms. The summed E-state index contributed by atoms with van der Waals surface area (Å²) in [6.07, 6.45) is 3.16. The summed E-state index contributed by atoms with van der Waals surface area (Å²) in [5.74, 6) is -0.371. The molecule has 1 saturated heterocycles. The molecule has 0 aromatic carbocycles. The Balaban J connectivity index is 2.47. The molecular formula is C12H23NO3. The summed E-state index contributed by atoms with van der Waals surface area (Å²) < 4.78 is 0. The molecule has 1 aliphatic heterocycles. The molecule has 16 heavy (non-hydrogen) atoms. The Labute approximate surface area is 97.3 Å². The topological polar surface area (TPSA) is 60.8 Å². The number of piperidine rings is 1. The van der Waals surface area contributed by atoms with Crippen LogP contribution in [0.5, 0.6) is 0 Å². The van der Waals surface area contributed by atoms with Gasteiger partial charge < -0.3 is 10.2 Å². The van der Waals surface area contributed by atoms with Gasteiger partial charge in [0.05, 0.1) is 6.10 Å². The third-order valence-corrected chi connectivity index (χ3v) is 3.54. The molecule has 1 aliphatic rings. The summed E-state index contributed by atoms with van der Waals surface area (Å²) >= 11 is 0. The van der Waals surface area contributed by atoms with E-state index in [1.165, 1.54) is 0 Å². The first kappa shape index (κ1) is 13.5. The minimum absolute atomic E-state index is 0.267. The van der Waals surface area contributed by atoms with Crippen LogP contribution >= 0.6 is 0 Å². The van der Waals surface area contributed by atoms with Crippen LogP contribution in [-0.2, 0) is 4.79 Å². The number of likely N-dealkylation sites (tertiary alicyclic amines) is 1. The van der Waals surface area contributed by atoms with E-state index in [1.54, 1.807) is 0 Å². The van der Waals surface area contributed by atoms with E-state index in [9.17, 15) is 9.90 Å². The van der Waals surface area contributed by atoms with Crippen molar-refractivity contribution in [3.8, 4) is 0 Å². The van der Waals surface area contributed by atoms with Crippen molar-refractivity contribution in [2.24, 2.45) is 5.92 Å². The fraction of sp³-hybridized carbons (Fsp3) is 0.917. The van der Waals surface area contributed by atoms with Crippen LogP contribution < -0.4 is 0 Å². The number of carbonyl (C=O) groups is 1. The number of nitrogens with zero attached hydrogens (tertiary/aromatic N) is 1. The van der Waals surface area contributed by atoms with E-state index in [0.29, 0.717) is 12.3 Å². The lowest BCUT2D eigenvalue weighted by atomic mass is 9.91. The van der Waals surface area contributed by atoms with E-state index >= 15 is 0 Å². The molecular weight excluding hydrogens is 206 g/mol. The molecule has 0 saturated carbocycles. The maximum absolute atomic E-state index is 11.1. The largest absolute Gasteiger partial charge is 0.480 e. The molecule has 94 valence electrons. The zero-order valence-electron chi connectivity index (χ0n) is 10.2. The van der Waals surface area contributed by atoms with Crippen LogP contribution in [0.4, 0.5) is 0 Å². The third-order valence-electron chi connectivity index (χ3n) is 3.54. The van der Waals surface area contributed by atoms with Crippen molar-refractivity contribution in [3.05, 3.63) is 0 Å². The summed E-state index contributed by atoms with van der Waals surface area (Å²) in [6.45, 7) is 5.43. The number of hydrogen-bond donors (Lipinski definition) is 2. The van der Waals surface area contributed by atoms with Gasteiger partial charge in [-0.3, -0.25) is 9.69 Å². The number of aliphatic hydroxyl groups excluding tert-OH is 1. The van der Waals surface area contributed by atoms with Crippen LogP contribution in [0.25, 0.3) is 0 Å². The standard InChI is InChI=1S/C12H23NO3/c1-3-4-11(12(15)16)13-7-5-10(6-8-13)9(2)14/h9-11,14H,3-8H2,1-2H3,(H,15,16). The monoisotopic (exact) mass is 229 g/mol. The first-order chi connectivity index (χ1) is 7.56. The van der Waals surface area contributed by atoms with Gasteiger partial charge in [-0.15, -0.1) is 0 Å². The molecule has 2 unspecified atom stereocenters. The van der Waals surface area contributed by atoms with Crippen molar-refractivity contribution in [3.63, 3.8) is 0 Å². The second kappa shape index (κ2) is 6.21. The zero-order valence-corrected chi connectivity index (χ0v) is 10.2. The molecule has 0 amide bonds. The second-order valence-corrected chi connectivity index (χ2v) is 4.76. The van der Waals surface area contributed by atoms with Gasteiger partial charge in [0.2, 0.25) is 0 Å². The molecule has 0 radical (unpaired) electrons. The minimum Gasteiger partial charge on any atom is -0.480 e. The Kier molecular flexibility index (Phi) is 5.22. The van der Waals surface area contributed by atoms with Crippen molar-refractivity contribution in [2.45, 2.75) is 51.7 Å². The molecule has 0 aromatic rings. The van der Waals surface area contributed by atoms with Crippen LogP contribution in [0.1, 0.15) is 39.5 Å². The first-order valence-corrected chi connectivity index (χ1v) is 6.21. The highest BCUT2D eigenvalue weighted by Gasteiger charge is 2.30. The average Bonchev–Trinajstić information content (AvgIpc) is 2.25. The van der Waals surface area contributed by atoms with Gasteiger partial charge in [-0.05, 0) is 45.2 Å². The van der Waals surface area contributed by atoms with Crippen molar-refractivity contribution >= 4 is 5.97 Å². The maximum Gasteiger partial charge on any atom is 0.320 e. The third kappa shape index (κ3) is 3.46. The molecule has 2 N–H and O–H groups in total. The highest BCUT2D eigenvalue weighted by molar-refractivity contribution is 5.73. The van der Waals surface area contributed by atoms with E-state index in [2.05, 4.69) is 0 Å². The molecule has 1 heterocycles. The molecule has 0 aromatic heterocycles. The molecule has 0 spiro atoms. The Bertz CT molecular complexity index is 222. The number of aliphatic carboxylic acids is 1. The zero-order chi connectivity index (χ0) is 12.1. The Morgan fingerprint density at radius 1 is 1.44 bits per heavy atom. The second-order valence-electron chi connectivity index (χ2n) is 4.76. The number of hydrogen-bond acceptors (Lipinski definition) is 3. The van der Waals surface area contributed by atoms with Gasteiger partial charge in [0.15, 0.2) is 0 Å². The van der Waals surface area contributed by atoms with E-state index in [-0.39, 0.29) is 12.1 Å². The quantitative estimate of drug-likeness (QED) is 0.746. The first-order valence-electron chi connectivity index (χ1n) is 6.21. The summed E-state index contributed by atoms with van der Waals surface area (Å²) in [5, 5.41) is 18.6. The summed E-state index contributed by atoms with van der Waals surface area (Å²) in [5.41, 5.74) is 0. The maximum atomic E-state index is 11.1. The van der Waals surface area contributed by atoms with Gasteiger partial charge in [-0.2, -0.15) is 0 Å². The van der Waals surface area contributed by atoms with E-state index in [0.717, 1.165) is 32.4 Å². The molecule has 1 fully saturated rings. The smallest absolute Gasteiger partial charge is 0.320 e. The van der Waals surface area contributed by atoms with E-state index in [4.69, 9.17) is 5.11 Å². The minimum atomic E-state index is -0.711. The van der Waals surface area contributed by atoms with Crippen LogP contribution in [0.15, 0.2) is 0 Å². The normalized spacial score (nSPS) is 22.9. The lowest BCUT2D eigenvalue weighted by Crippen LogP contribution is -2.46. The molecule has 4 heteroatoms. The molecule has 1 rings (SSSR count). The van der Waals surface area contributed by atoms with Gasteiger partial charge in [0.25, 0.3) is 0 Å². The van der Waals surface area contributed by atoms with Crippen LogP contribution in [-0.4, -0.2) is 46.3 Å². The summed E-state index contributed by atoms with van der Waals surface area (Å²) in [4.78, 5) is 13.2. The Hall–Kier alpha value is -0.610. The van der Waals surface area contributed by atoms with Crippen molar-refractivity contribution in [2.75, 3.05) is 13.1 Å². The highest BCUT2D eigenvalue weighted by atomic mass is 16.4. The van der Waals surface area contributed by atoms with Crippen molar-refractivity contribution in [1.82, 2.24) is 4.90 Å². The van der Waals surface area contributed by atoms with Crippen LogP contribution in [0, 0.1) is 5.92 Å². The van der Waals surface area contributed by atoms with Gasteiger partial charge in [-0.1, -0.05) is 13.3 Å². The molecule has 2 atom stereocenters. The number of carboxylic acid groups (broad SMARTS) is 1.